The number of carbonyl (C=O) groups is 2. The Morgan fingerprint density at radius 1 is 0.700 bits per heavy atom. The average molecular weight is 486 g/mol. The lowest BCUT2D eigenvalue weighted by atomic mass is 10.1. The number of benzene rings is 3. The molecular formula is C21H12Cl4O5. The van der Waals surface area contributed by atoms with Gasteiger partial charge in [-0.05, 0) is 42.5 Å². The Morgan fingerprint density at radius 3 is 1.63 bits per heavy atom. The van der Waals surface area contributed by atoms with Gasteiger partial charge in [-0.25, -0.2) is 9.59 Å². The van der Waals surface area contributed by atoms with E-state index in [0.717, 1.165) is 0 Å². The van der Waals surface area contributed by atoms with Crippen molar-refractivity contribution >= 4 is 58.3 Å². The van der Waals surface area contributed by atoms with Crippen LogP contribution in [0.15, 0.2) is 54.6 Å². The fraction of sp³-hybridized carbons (Fsp3) is 0.0476. The van der Waals surface area contributed by atoms with Crippen LogP contribution in [0.1, 0.15) is 20.7 Å². The number of carbonyl (C=O) groups excluding carboxylic acids is 2. The third-order valence-corrected chi connectivity index (χ3v) is 5.07. The number of esters is 2. The Hall–Kier alpha value is -2.44. The summed E-state index contributed by atoms with van der Waals surface area (Å²) in [5.41, 5.74) is 0.0113. The zero-order chi connectivity index (χ0) is 21.8. The molecule has 0 saturated carbocycles. The molecule has 0 unspecified atom stereocenters. The lowest BCUT2D eigenvalue weighted by molar-refractivity contribution is 0.0731. The molecule has 154 valence electrons. The first-order valence-electron chi connectivity index (χ1n) is 8.32. The second-order valence-electron chi connectivity index (χ2n) is 5.80. The van der Waals surface area contributed by atoms with Crippen LogP contribution in [0.2, 0.25) is 20.1 Å². The van der Waals surface area contributed by atoms with Crippen LogP contribution in [0.4, 0.5) is 0 Å². The SMILES string of the molecule is COc1ccc(C(=O)Oc2c(Cl)cccc2Cl)cc1C(=O)Oc1c(Cl)cccc1Cl. The van der Waals surface area contributed by atoms with Gasteiger partial charge in [0.2, 0.25) is 0 Å². The Bertz CT molecular complexity index is 1090. The summed E-state index contributed by atoms with van der Waals surface area (Å²) in [6.07, 6.45) is 0. The molecule has 0 atom stereocenters. The Labute approximate surface area is 192 Å². The van der Waals surface area contributed by atoms with Crippen LogP contribution in [-0.2, 0) is 0 Å². The largest absolute Gasteiger partial charge is 0.496 e. The molecule has 0 aliphatic heterocycles. The van der Waals surface area contributed by atoms with Crippen molar-refractivity contribution in [1.82, 2.24) is 0 Å². The zero-order valence-electron chi connectivity index (χ0n) is 15.2. The first-order chi connectivity index (χ1) is 14.3. The molecule has 0 spiro atoms. The predicted octanol–water partition coefficient (Wildman–Crippen LogP) is 6.75. The molecular weight excluding hydrogens is 474 g/mol. The summed E-state index contributed by atoms with van der Waals surface area (Å²) in [6.45, 7) is 0. The Kier molecular flexibility index (Phi) is 7.10. The van der Waals surface area contributed by atoms with Gasteiger partial charge in [-0.3, -0.25) is 0 Å². The van der Waals surface area contributed by atoms with Crippen molar-refractivity contribution in [3.8, 4) is 17.2 Å². The summed E-state index contributed by atoms with van der Waals surface area (Å²) in [6, 6.07) is 13.4. The summed E-state index contributed by atoms with van der Waals surface area (Å²) in [4.78, 5) is 25.3. The summed E-state index contributed by atoms with van der Waals surface area (Å²) in [5.74, 6) is -1.43. The molecule has 0 amide bonds. The molecule has 0 saturated heterocycles. The summed E-state index contributed by atoms with van der Waals surface area (Å²) in [5, 5.41) is 0.632. The van der Waals surface area contributed by atoms with E-state index in [1.54, 1.807) is 12.1 Å². The predicted molar refractivity (Wildman–Crippen MR) is 116 cm³/mol. The van der Waals surface area contributed by atoms with Crippen molar-refractivity contribution in [3.05, 3.63) is 85.8 Å². The number of rotatable bonds is 5. The van der Waals surface area contributed by atoms with Crippen molar-refractivity contribution in [2.24, 2.45) is 0 Å². The highest BCUT2D eigenvalue weighted by Gasteiger charge is 2.22. The van der Waals surface area contributed by atoms with Gasteiger partial charge in [-0.2, -0.15) is 0 Å². The van der Waals surface area contributed by atoms with Crippen LogP contribution in [0, 0.1) is 0 Å². The fourth-order valence-electron chi connectivity index (χ4n) is 2.45. The number of halogens is 4. The van der Waals surface area contributed by atoms with Crippen LogP contribution < -0.4 is 14.2 Å². The molecule has 0 radical (unpaired) electrons. The zero-order valence-corrected chi connectivity index (χ0v) is 18.3. The molecule has 3 aromatic carbocycles. The standard InChI is InChI=1S/C21H12Cl4O5/c1-28-17-9-8-11(20(26)29-18-13(22)4-2-5-14(18)23)10-12(17)21(27)30-19-15(24)6-3-7-16(19)25/h2-10H,1H3. The van der Waals surface area contributed by atoms with E-state index < -0.39 is 11.9 Å². The molecule has 3 rings (SSSR count). The van der Waals surface area contributed by atoms with Crippen molar-refractivity contribution in [3.63, 3.8) is 0 Å². The Balaban J connectivity index is 1.91. The molecule has 0 aliphatic carbocycles. The minimum atomic E-state index is -0.827. The van der Waals surface area contributed by atoms with Gasteiger partial charge in [0.05, 0.1) is 32.8 Å². The van der Waals surface area contributed by atoms with Crippen molar-refractivity contribution in [1.29, 1.82) is 0 Å². The van der Waals surface area contributed by atoms with Crippen molar-refractivity contribution < 1.29 is 23.8 Å². The molecule has 0 bridgehead atoms. The quantitative estimate of drug-likeness (QED) is 0.295. The first kappa shape index (κ1) is 22.2. The summed E-state index contributed by atoms with van der Waals surface area (Å²) >= 11 is 24.1. The number of methoxy groups -OCH3 is 1. The minimum absolute atomic E-state index is 0.00799. The van der Waals surface area contributed by atoms with E-state index in [9.17, 15) is 9.59 Å². The van der Waals surface area contributed by atoms with Gasteiger partial charge in [0, 0.05) is 0 Å². The molecule has 0 aromatic heterocycles. The topological polar surface area (TPSA) is 61.8 Å². The normalized spacial score (nSPS) is 10.4. The third kappa shape index (κ3) is 4.82. The van der Waals surface area contributed by atoms with E-state index in [1.807, 2.05) is 0 Å². The summed E-state index contributed by atoms with van der Waals surface area (Å²) in [7, 11) is 1.37. The Morgan fingerprint density at radius 2 is 1.17 bits per heavy atom. The van der Waals surface area contributed by atoms with Crippen LogP contribution in [0.25, 0.3) is 0 Å². The van der Waals surface area contributed by atoms with E-state index in [0.29, 0.717) is 0 Å². The van der Waals surface area contributed by atoms with E-state index in [-0.39, 0.29) is 48.5 Å². The fourth-order valence-corrected chi connectivity index (χ4v) is 3.40. The first-order valence-corrected chi connectivity index (χ1v) is 9.83. The summed E-state index contributed by atoms with van der Waals surface area (Å²) < 4.78 is 15.8. The third-order valence-electron chi connectivity index (χ3n) is 3.88. The van der Waals surface area contributed by atoms with E-state index in [4.69, 9.17) is 60.6 Å². The monoisotopic (exact) mass is 484 g/mol. The highest BCUT2D eigenvalue weighted by atomic mass is 35.5. The lowest BCUT2D eigenvalue weighted by Gasteiger charge is -2.12. The number of hydrogen-bond donors (Lipinski definition) is 0. The van der Waals surface area contributed by atoms with Crippen molar-refractivity contribution in [2.45, 2.75) is 0 Å². The van der Waals surface area contributed by atoms with Gasteiger partial charge >= 0.3 is 11.9 Å². The lowest BCUT2D eigenvalue weighted by Crippen LogP contribution is -2.14. The van der Waals surface area contributed by atoms with E-state index in [2.05, 4.69) is 0 Å². The van der Waals surface area contributed by atoms with Gasteiger partial charge in [-0.15, -0.1) is 0 Å². The molecule has 9 heteroatoms. The maximum atomic E-state index is 12.7. The van der Waals surface area contributed by atoms with Gasteiger partial charge in [0.25, 0.3) is 0 Å². The smallest absolute Gasteiger partial charge is 0.347 e. The minimum Gasteiger partial charge on any atom is -0.496 e. The maximum Gasteiger partial charge on any atom is 0.347 e. The molecule has 0 aliphatic rings. The van der Waals surface area contributed by atoms with Crippen LogP contribution in [0.5, 0.6) is 17.2 Å². The maximum absolute atomic E-state index is 12.7. The van der Waals surface area contributed by atoms with Gasteiger partial charge in [0.1, 0.15) is 11.3 Å². The molecule has 0 N–H and O–H groups in total. The molecule has 3 aromatic rings. The van der Waals surface area contributed by atoms with Crippen LogP contribution in [-0.4, -0.2) is 19.0 Å². The molecule has 0 fully saturated rings. The second kappa shape index (κ2) is 9.58. The van der Waals surface area contributed by atoms with Gasteiger partial charge in [-0.1, -0.05) is 58.5 Å². The van der Waals surface area contributed by atoms with Crippen LogP contribution >= 0.6 is 46.4 Å². The van der Waals surface area contributed by atoms with Gasteiger partial charge in [0.15, 0.2) is 11.5 Å². The van der Waals surface area contributed by atoms with E-state index >= 15 is 0 Å². The van der Waals surface area contributed by atoms with E-state index in [1.165, 1.54) is 49.6 Å². The average Bonchev–Trinajstić information content (AvgIpc) is 2.72. The molecule has 30 heavy (non-hydrogen) atoms. The molecule has 0 heterocycles. The number of hydrogen-bond acceptors (Lipinski definition) is 5. The number of ether oxygens (including phenoxy) is 3. The van der Waals surface area contributed by atoms with Crippen LogP contribution in [0.3, 0.4) is 0 Å². The second-order valence-corrected chi connectivity index (χ2v) is 7.42. The number of para-hydroxylation sites is 2. The van der Waals surface area contributed by atoms with Gasteiger partial charge < -0.3 is 14.2 Å². The highest BCUT2D eigenvalue weighted by molar-refractivity contribution is 6.38. The molecule has 5 nitrogen and oxygen atoms in total. The van der Waals surface area contributed by atoms with Crippen molar-refractivity contribution in [2.75, 3.05) is 7.11 Å². The highest BCUT2D eigenvalue weighted by Crippen LogP contribution is 2.35.